The van der Waals surface area contributed by atoms with Crippen LogP contribution in [0, 0.1) is 6.92 Å². The van der Waals surface area contributed by atoms with Crippen LogP contribution in [-0.2, 0) is 20.7 Å². The molecule has 0 aliphatic carbocycles. The van der Waals surface area contributed by atoms with Gasteiger partial charge in [0.15, 0.2) is 5.79 Å². The molecule has 1 fully saturated rings. The quantitative estimate of drug-likeness (QED) is 0.847. The van der Waals surface area contributed by atoms with Crippen LogP contribution in [0.4, 0.5) is 0 Å². The Kier molecular flexibility index (Phi) is 3.74. The van der Waals surface area contributed by atoms with Gasteiger partial charge in [-0.25, -0.2) is 0 Å². The largest absolute Gasteiger partial charge is 0.344 e. The lowest BCUT2D eigenvalue weighted by Crippen LogP contribution is -2.46. The molecule has 0 saturated carbocycles. The fraction of sp³-hybridized carbons (Fsp3) is 0.625. The van der Waals surface area contributed by atoms with Crippen LogP contribution in [0.1, 0.15) is 44.4 Å². The smallest absolute Gasteiger partial charge is 0.192 e. The Balaban J connectivity index is 2.31. The van der Waals surface area contributed by atoms with E-state index in [-0.39, 0.29) is 11.5 Å². The van der Waals surface area contributed by atoms with Crippen LogP contribution in [0.5, 0.6) is 0 Å². The van der Waals surface area contributed by atoms with Gasteiger partial charge >= 0.3 is 0 Å². The monoisotopic (exact) mass is 263 g/mol. The first-order valence-electron chi connectivity index (χ1n) is 6.87. The minimum absolute atomic E-state index is 0.0257. The normalized spacial score (nSPS) is 28.4. The summed E-state index contributed by atoms with van der Waals surface area (Å²) in [5.74, 6) is -0.670. The maximum Gasteiger partial charge on any atom is 0.192 e. The van der Waals surface area contributed by atoms with E-state index in [1.807, 2.05) is 6.92 Å². The molecule has 0 radical (unpaired) electrons. The van der Waals surface area contributed by atoms with Crippen molar-refractivity contribution < 1.29 is 9.47 Å². The van der Waals surface area contributed by atoms with Crippen LogP contribution in [-0.4, -0.2) is 19.3 Å². The van der Waals surface area contributed by atoms with Gasteiger partial charge in [0.2, 0.25) is 0 Å². The van der Waals surface area contributed by atoms with Crippen molar-refractivity contribution >= 4 is 0 Å². The second-order valence-electron chi connectivity index (χ2n) is 6.61. The second kappa shape index (κ2) is 4.89. The van der Waals surface area contributed by atoms with E-state index in [9.17, 15) is 0 Å². The maximum absolute atomic E-state index is 5.82. The summed E-state index contributed by atoms with van der Waals surface area (Å²) in [4.78, 5) is 0. The number of aryl methyl sites for hydroxylation is 1. The average molecular weight is 263 g/mol. The summed E-state index contributed by atoms with van der Waals surface area (Å²) in [6, 6.07) is 6.48. The predicted octanol–water partition coefficient (Wildman–Crippen LogP) is 2.84. The molecule has 1 saturated heterocycles. The molecule has 2 N–H and O–H groups in total. The third-order valence-electron chi connectivity index (χ3n) is 3.73. The summed E-state index contributed by atoms with van der Waals surface area (Å²) >= 11 is 0. The molecule has 0 aromatic heterocycles. The Morgan fingerprint density at radius 3 is 2.26 bits per heavy atom. The number of benzene rings is 1. The zero-order chi connectivity index (χ0) is 14.3. The van der Waals surface area contributed by atoms with Crippen LogP contribution in [0.2, 0.25) is 0 Å². The first kappa shape index (κ1) is 14.5. The highest BCUT2D eigenvalue weighted by Crippen LogP contribution is 2.34. The molecule has 0 spiro atoms. The molecule has 0 amide bonds. The van der Waals surface area contributed by atoms with E-state index >= 15 is 0 Å². The number of nitrogens with two attached hydrogens (primary N) is 1. The van der Waals surface area contributed by atoms with Gasteiger partial charge in [-0.2, -0.15) is 0 Å². The van der Waals surface area contributed by atoms with Gasteiger partial charge in [-0.3, -0.25) is 0 Å². The van der Waals surface area contributed by atoms with E-state index in [0.717, 1.165) is 5.56 Å². The lowest BCUT2D eigenvalue weighted by Gasteiger charge is -2.38. The van der Waals surface area contributed by atoms with Crippen molar-refractivity contribution in [1.82, 2.24) is 0 Å². The van der Waals surface area contributed by atoms with Crippen molar-refractivity contribution in [3.63, 3.8) is 0 Å². The van der Waals surface area contributed by atoms with E-state index in [0.29, 0.717) is 13.2 Å². The molecule has 2 rings (SSSR count). The highest BCUT2D eigenvalue weighted by molar-refractivity contribution is 5.36. The highest BCUT2D eigenvalue weighted by atomic mass is 16.7. The topological polar surface area (TPSA) is 44.5 Å². The van der Waals surface area contributed by atoms with Crippen molar-refractivity contribution in [2.45, 2.75) is 51.9 Å². The molecule has 1 aliphatic rings. The molecule has 0 bridgehead atoms. The van der Waals surface area contributed by atoms with Gasteiger partial charge in [0.25, 0.3) is 0 Å². The minimum Gasteiger partial charge on any atom is -0.344 e. The molecule has 3 nitrogen and oxygen atoms in total. The molecule has 3 heteroatoms. The van der Waals surface area contributed by atoms with Crippen molar-refractivity contribution in [2.75, 3.05) is 13.2 Å². The number of hydrogen-bond acceptors (Lipinski definition) is 3. The Labute approximate surface area is 116 Å². The summed E-state index contributed by atoms with van der Waals surface area (Å²) in [5.41, 5.74) is 9.57. The van der Waals surface area contributed by atoms with Crippen LogP contribution >= 0.6 is 0 Å². The Morgan fingerprint density at radius 1 is 1.21 bits per heavy atom. The minimum atomic E-state index is -0.670. The van der Waals surface area contributed by atoms with E-state index < -0.39 is 5.79 Å². The Hall–Kier alpha value is -0.900. The highest BCUT2D eigenvalue weighted by Gasteiger charge is 2.35. The lowest BCUT2D eigenvalue weighted by molar-refractivity contribution is -0.270. The predicted molar refractivity (Wildman–Crippen MR) is 77.1 cm³/mol. The third kappa shape index (κ3) is 2.99. The molecule has 0 unspecified atom stereocenters. The first-order chi connectivity index (χ1) is 8.72. The fourth-order valence-electron chi connectivity index (χ4n) is 2.42. The van der Waals surface area contributed by atoms with Crippen molar-refractivity contribution in [3.8, 4) is 0 Å². The van der Waals surface area contributed by atoms with Gasteiger partial charge < -0.3 is 15.2 Å². The van der Waals surface area contributed by atoms with Gasteiger partial charge in [0.05, 0.1) is 19.3 Å². The molecule has 19 heavy (non-hydrogen) atoms. The summed E-state index contributed by atoms with van der Waals surface area (Å²) in [6.45, 7) is 11.8. The average Bonchev–Trinajstić information content (AvgIpc) is 2.32. The maximum atomic E-state index is 5.82. The molecule has 1 aliphatic heterocycles. The molecule has 0 atom stereocenters. The second-order valence-corrected chi connectivity index (χ2v) is 6.61. The van der Waals surface area contributed by atoms with E-state index in [4.69, 9.17) is 15.2 Å². The molecule has 1 aromatic rings. The summed E-state index contributed by atoms with van der Waals surface area (Å²) in [5, 5.41) is 0. The molecule has 1 heterocycles. The van der Waals surface area contributed by atoms with Gasteiger partial charge in [0, 0.05) is 5.56 Å². The van der Waals surface area contributed by atoms with Crippen LogP contribution in [0.25, 0.3) is 0 Å². The van der Waals surface area contributed by atoms with E-state index in [1.165, 1.54) is 11.1 Å². The Bertz CT molecular complexity index is 454. The SMILES string of the molecule is Cc1cc(C(C)(C)C)ccc1C1(C)OCC(N)CO1. The number of rotatable bonds is 1. The zero-order valence-electron chi connectivity index (χ0n) is 12.6. The van der Waals surface area contributed by atoms with Crippen LogP contribution in [0.3, 0.4) is 0 Å². The molecular formula is C16H25NO2. The van der Waals surface area contributed by atoms with Crippen LogP contribution in [0.15, 0.2) is 18.2 Å². The number of hydrogen-bond donors (Lipinski definition) is 1. The van der Waals surface area contributed by atoms with E-state index in [2.05, 4.69) is 45.9 Å². The summed E-state index contributed by atoms with van der Waals surface area (Å²) < 4.78 is 11.6. The van der Waals surface area contributed by atoms with Crippen molar-refractivity contribution in [2.24, 2.45) is 5.73 Å². The molecule has 1 aromatic carbocycles. The van der Waals surface area contributed by atoms with Gasteiger partial charge in [-0.15, -0.1) is 0 Å². The summed E-state index contributed by atoms with van der Waals surface area (Å²) in [6.07, 6.45) is 0. The van der Waals surface area contributed by atoms with E-state index in [1.54, 1.807) is 0 Å². The lowest BCUT2D eigenvalue weighted by atomic mass is 9.84. The standard InChI is InChI=1S/C16H25NO2/c1-11-8-12(15(2,3)4)6-7-14(11)16(5)18-9-13(17)10-19-16/h6-8,13H,9-10,17H2,1-5H3. The Morgan fingerprint density at radius 2 is 1.79 bits per heavy atom. The van der Waals surface area contributed by atoms with Crippen molar-refractivity contribution in [1.29, 1.82) is 0 Å². The fourth-order valence-corrected chi connectivity index (χ4v) is 2.42. The summed E-state index contributed by atoms with van der Waals surface area (Å²) in [7, 11) is 0. The number of ether oxygens (including phenoxy) is 2. The van der Waals surface area contributed by atoms with Gasteiger partial charge in [0.1, 0.15) is 0 Å². The van der Waals surface area contributed by atoms with Gasteiger partial charge in [-0.05, 0) is 30.4 Å². The van der Waals surface area contributed by atoms with Crippen molar-refractivity contribution in [3.05, 3.63) is 34.9 Å². The van der Waals surface area contributed by atoms with Crippen LogP contribution < -0.4 is 5.73 Å². The third-order valence-corrected chi connectivity index (χ3v) is 3.73. The molecular weight excluding hydrogens is 238 g/mol. The zero-order valence-corrected chi connectivity index (χ0v) is 12.6. The molecule has 106 valence electrons. The first-order valence-corrected chi connectivity index (χ1v) is 6.87. The van der Waals surface area contributed by atoms with Gasteiger partial charge in [-0.1, -0.05) is 39.0 Å².